The molecule has 0 unspecified atom stereocenters. The van der Waals surface area contributed by atoms with Crippen LogP contribution in [0.4, 0.5) is 0 Å². The van der Waals surface area contributed by atoms with E-state index in [0.717, 1.165) is 34.9 Å². The van der Waals surface area contributed by atoms with Gasteiger partial charge in [-0.25, -0.2) is 8.42 Å². The lowest BCUT2D eigenvalue weighted by molar-refractivity contribution is 0.111. The Morgan fingerprint density at radius 1 is 1.07 bits per heavy atom. The molecular weight excluding hydrogens is 380 g/mol. The molecule has 8 heteroatoms. The Hall–Kier alpha value is -1.22. The van der Waals surface area contributed by atoms with Gasteiger partial charge in [-0.1, -0.05) is 19.3 Å². The van der Waals surface area contributed by atoms with E-state index in [0.29, 0.717) is 23.3 Å². The van der Waals surface area contributed by atoms with Crippen LogP contribution in [0.25, 0.3) is 10.6 Å². The zero-order chi connectivity index (χ0) is 19.0. The van der Waals surface area contributed by atoms with Crippen molar-refractivity contribution in [1.29, 1.82) is 0 Å². The van der Waals surface area contributed by atoms with Crippen molar-refractivity contribution in [2.75, 3.05) is 26.2 Å². The molecule has 2 aromatic heterocycles. The SMILES string of the molecule is Cc1[nH]nc(-c2ccc(S(=O)(=O)N3CCN(C4CCCCC4)CC3)s2)c1C. The van der Waals surface area contributed by atoms with E-state index in [1.54, 1.807) is 10.4 Å². The van der Waals surface area contributed by atoms with Crippen molar-refractivity contribution in [3.8, 4) is 10.6 Å². The number of sulfonamides is 1. The first kappa shape index (κ1) is 19.1. The molecule has 2 aliphatic rings. The minimum Gasteiger partial charge on any atom is -0.298 e. The lowest BCUT2D eigenvalue weighted by Crippen LogP contribution is -2.52. The smallest absolute Gasteiger partial charge is 0.252 e. The van der Waals surface area contributed by atoms with Crippen LogP contribution in [0.5, 0.6) is 0 Å². The van der Waals surface area contributed by atoms with Gasteiger partial charge in [0, 0.05) is 37.9 Å². The highest BCUT2D eigenvalue weighted by molar-refractivity contribution is 7.91. The lowest BCUT2D eigenvalue weighted by Gasteiger charge is -2.40. The maximum absolute atomic E-state index is 13.1. The molecule has 0 spiro atoms. The molecule has 1 N–H and O–H groups in total. The fraction of sp³-hybridized carbons (Fsp3) is 0.632. The number of aromatic amines is 1. The lowest BCUT2D eigenvalue weighted by atomic mass is 9.94. The first-order chi connectivity index (χ1) is 13.0. The average molecular weight is 409 g/mol. The Kier molecular flexibility index (Phi) is 5.42. The van der Waals surface area contributed by atoms with E-state index in [1.165, 1.54) is 43.4 Å². The molecule has 2 aromatic rings. The number of hydrogen-bond donors (Lipinski definition) is 1. The van der Waals surface area contributed by atoms with Crippen molar-refractivity contribution < 1.29 is 8.42 Å². The molecule has 2 fully saturated rings. The van der Waals surface area contributed by atoms with E-state index in [4.69, 9.17) is 0 Å². The number of nitrogens with one attached hydrogen (secondary N) is 1. The van der Waals surface area contributed by atoms with Crippen LogP contribution in [0.2, 0.25) is 0 Å². The second-order valence-corrected chi connectivity index (χ2v) is 10.9. The van der Waals surface area contributed by atoms with Gasteiger partial charge in [0.2, 0.25) is 0 Å². The number of thiophene rings is 1. The van der Waals surface area contributed by atoms with E-state index in [9.17, 15) is 8.42 Å². The number of aromatic nitrogens is 2. The Balaban J connectivity index is 1.45. The van der Waals surface area contributed by atoms with Gasteiger partial charge in [0.05, 0.1) is 4.88 Å². The van der Waals surface area contributed by atoms with Crippen LogP contribution in [0, 0.1) is 13.8 Å². The van der Waals surface area contributed by atoms with Crippen LogP contribution in [0.3, 0.4) is 0 Å². The molecule has 0 amide bonds. The van der Waals surface area contributed by atoms with Gasteiger partial charge in [-0.05, 0) is 44.4 Å². The molecule has 6 nitrogen and oxygen atoms in total. The molecule has 1 saturated heterocycles. The minimum atomic E-state index is -3.42. The van der Waals surface area contributed by atoms with Gasteiger partial charge in [-0.15, -0.1) is 11.3 Å². The van der Waals surface area contributed by atoms with Crippen molar-refractivity contribution >= 4 is 21.4 Å². The Bertz CT molecular complexity index is 889. The van der Waals surface area contributed by atoms with Gasteiger partial charge >= 0.3 is 0 Å². The van der Waals surface area contributed by atoms with E-state index >= 15 is 0 Å². The molecule has 1 aliphatic carbocycles. The summed E-state index contributed by atoms with van der Waals surface area (Å²) >= 11 is 1.32. The third-order valence-electron chi connectivity index (χ3n) is 6.03. The maximum atomic E-state index is 13.1. The van der Waals surface area contributed by atoms with Crippen LogP contribution >= 0.6 is 11.3 Å². The quantitative estimate of drug-likeness (QED) is 0.842. The zero-order valence-corrected chi connectivity index (χ0v) is 17.7. The highest BCUT2D eigenvalue weighted by Gasteiger charge is 2.32. The molecule has 0 radical (unpaired) electrons. The van der Waals surface area contributed by atoms with E-state index in [1.807, 2.05) is 19.9 Å². The monoisotopic (exact) mass is 408 g/mol. The number of aryl methyl sites for hydroxylation is 1. The Morgan fingerprint density at radius 2 is 1.78 bits per heavy atom. The highest BCUT2D eigenvalue weighted by Crippen LogP contribution is 2.34. The Labute approximate surface area is 165 Å². The molecule has 0 aromatic carbocycles. The van der Waals surface area contributed by atoms with Crippen LogP contribution in [-0.2, 0) is 10.0 Å². The van der Waals surface area contributed by atoms with Gasteiger partial charge in [0.15, 0.2) is 0 Å². The number of piperazine rings is 1. The zero-order valence-electron chi connectivity index (χ0n) is 16.1. The normalized spacial score (nSPS) is 21.0. The molecule has 1 aliphatic heterocycles. The summed E-state index contributed by atoms with van der Waals surface area (Å²) < 4.78 is 28.3. The maximum Gasteiger partial charge on any atom is 0.252 e. The van der Waals surface area contributed by atoms with Crippen LogP contribution < -0.4 is 0 Å². The molecule has 148 valence electrons. The topological polar surface area (TPSA) is 69.3 Å². The summed E-state index contributed by atoms with van der Waals surface area (Å²) in [6.07, 6.45) is 6.51. The van der Waals surface area contributed by atoms with Crippen molar-refractivity contribution in [3.05, 3.63) is 23.4 Å². The summed E-state index contributed by atoms with van der Waals surface area (Å²) in [4.78, 5) is 3.40. The number of H-pyrrole nitrogens is 1. The molecule has 0 atom stereocenters. The van der Waals surface area contributed by atoms with E-state index < -0.39 is 10.0 Å². The van der Waals surface area contributed by atoms with Crippen molar-refractivity contribution in [1.82, 2.24) is 19.4 Å². The van der Waals surface area contributed by atoms with Crippen molar-refractivity contribution in [3.63, 3.8) is 0 Å². The van der Waals surface area contributed by atoms with Crippen LogP contribution in [0.15, 0.2) is 16.3 Å². The van der Waals surface area contributed by atoms with E-state index in [-0.39, 0.29) is 0 Å². The largest absolute Gasteiger partial charge is 0.298 e. The molecule has 3 heterocycles. The molecule has 1 saturated carbocycles. The van der Waals surface area contributed by atoms with Crippen LogP contribution in [-0.4, -0.2) is 60.0 Å². The van der Waals surface area contributed by atoms with Crippen LogP contribution in [0.1, 0.15) is 43.4 Å². The van der Waals surface area contributed by atoms with E-state index in [2.05, 4.69) is 15.1 Å². The predicted molar refractivity (Wildman–Crippen MR) is 109 cm³/mol. The third-order valence-corrected chi connectivity index (χ3v) is 9.48. The molecular formula is C19H28N4O2S2. The second-order valence-electron chi connectivity index (χ2n) is 7.67. The first-order valence-corrected chi connectivity index (χ1v) is 12.1. The summed E-state index contributed by atoms with van der Waals surface area (Å²) in [6.45, 7) is 6.86. The average Bonchev–Trinajstić information content (AvgIpc) is 3.31. The predicted octanol–water partition coefficient (Wildman–Crippen LogP) is 3.39. The summed E-state index contributed by atoms with van der Waals surface area (Å²) in [7, 11) is -3.42. The Morgan fingerprint density at radius 3 is 2.41 bits per heavy atom. The third kappa shape index (κ3) is 3.72. The highest BCUT2D eigenvalue weighted by atomic mass is 32.2. The molecule has 27 heavy (non-hydrogen) atoms. The van der Waals surface area contributed by atoms with Gasteiger partial charge in [0.25, 0.3) is 10.0 Å². The van der Waals surface area contributed by atoms with Gasteiger partial charge in [-0.3, -0.25) is 10.00 Å². The summed E-state index contributed by atoms with van der Waals surface area (Å²) in [5.74, 6) is 0. The minimum absolute atomic E-state index is 0.420. The van der Waals surface area contributed by atoms with Crippen molar-refractivity contribution in [2.24, 2.45) is 0 Å². The van der Waals surface area contributed by atoms with Crippen molar-refractivity contribution in [2.45, 2.75) is 56.2 Å². The summed E-state index contributed by atoms with van der Waals surface area (Å²) in [6, 6.07) is 4.26. The summed E-state index contributed by atoms with van der Waals surface area (Å²) in [5.41, 5.74) is 2.93. The molecule has 4 rings (SSSR count). The number of nitrogens with zero attached hydrogens (tertiary/aromatic N) is 3. The standard InChI is InChI=1S/C19H28N4O2S2/c1-14-15(2)20-21-19(14)17-8-9-18(26-17)27(24,25)23-12-10-22(11-13-23)16-6-4-3-5-7-16/h8-9,16H,3-7,10-13H2,1-2H3,(H,20,21). The second kappa shape index (κ2) is 7.66. The van der Waals surface area contributed by atoms with Gasteiger partial charge in [0.1, 0.15) is 9.90 Å². The van der Waals surface area contributed by atoms with Gasteiger partial charge in [-0.2, -0.15) is 9.40 Å². The summed E-state index contributed by atoms with van der Waals surface area (Å²) in [5, 5.41) is 7.30. The first-order valence-electron chi connectivity index (χ1n) is 9.83. The van der Waals surface area contributed by atoms with Gasteiger partial charge < -0.3 is 0 Å². The molecule has 0 bridgehead atoms. The fourth-order valence-electron chi connectivity index (χ4n) is 4.19. The number of rotatable bonds is 4. The fourth-order valence-corrected chi connectivity index (χ4v) is 7.12. The number of hydrogen-bond acceptors (Lipinski definition) is 5.